The first-order valence-corrected chi connectivity index (χ1v) is 25.4. The van der Waals surface area contributed by atoms with Gasteiger partial charge in [-0.15, -0.1) is 0 Å². The van der Waals surface area contributed by atoms with Crippen molar-refractivity contribution in [2.45, 2.75) is 51.4 Å². The van der Waals surface area contributed by atoms with Crippen LogP contribution in [-0.2, 0) is 25.7 Å². The highest BCUT2D eigenvalue weighted by Gasteiger charge is 2.29. The van der Waals surface area contributed by atoms with Gasteiger partial charge in [0.05, 0.1) is 36.6 Å². The summed E-state index contributed by atoms with van der Waals surface area (Å²) in [7, 11) is 3.47. The first-order valence-electron chi connectivity index (χ1n) is 25.4. The lowest BCUT2D eigenvalue weighted by molar-refractivity contribution is 0.414. The minimum absolute atomic E-state index is 0.851. The SMILES string of the molecule is COc1ccc(-n2c(C=Cc3ccc(C=Cc4c(-c5cc6c7c(c5)CCCN7CCC6)n(-c5ccc(OC)cc5)c5ccccc45)cc3)c(-c3cc4c5c(c3)CCCN5CCC4)c3ccccc32)cc1. The minimum Gasteiger partial charge on any atom is -0.497 e. The van der Waals surface area contributed by atoms with E-state index in [9.17, 15) is 0 Å². The van der Waals surface area contributed by atoms with E-state index >= 15 is 0 Å². The van der Waals surface area contributed by atoms with Crippen molar-refractivity contribution in [2.75, 3.05) is 50.2 Å². The maximum Gasteiger partial charge on any atom is 0.119 e. The van der Waals surface area contributed by atoms with E-state index in [0.29, 0.717) is 0 Å². The van der Waals surface area contributed by atoms with Crippen LogP contribution in [-0.4, -0.2) is 49.5 Å². The van der Waals surface area contributed by atoms with Gasteiger partial charge in [0.2, 0.25) is 0 Å². The first-order chi connectivity index (χ1) is 34.6. The number of hydrogen-bond donors (Lipinski definition) is 0. The number of methoxy groups -OCH3 is 2. The molecule has 0 radical (unpaired) electrons. The van der Waals surface area contributed by atoms with E-state index in [1.807, 2.05) is 0 Å². The summed E-state index contributed by atoms with van der Waals surface area (Å²) in [5.74, 6) is 1.71. The lowest BCUT2D eigenvalue weighted by Gasteiger charge is -2.37. The van der Waals surface area contributed by atoms with E-state index in [-0.39, 0.29) is 0 Å². The summed E-state index contributed by atoms with van der Waals surface area (Å²) in [6.45, 7) is 4.67. The molecule has 0 spiro atoms. The van der Waals surface area contributed by atoms with Crippen molar-refractivity contribution >= 4 is 57.5 Å². The van der Waals surface area contributed by atoms with Gasteiger partial charge in [0.25, 0.3) is 0 Å². The number of ether oxygens (including phenoxy) is 2. The largest absolute Gasteiger partial charge is 0.497 e. The topological polar surface area (TPSA) is 34.8 Å². The van der Waals surface area contributed by atoms with Crippen molar-refractivity contribution in [2.24, 2.45) is 0 Å². The van der Waals surface area contributed by atoms with Crippen molar-refractivity contribution in [3.05, 3.63) is 190 Å². The zero-order valence-corrected chi connectivity index (χ0v) is 40.3. The van der Waals surface area contributed by atoms with E-state index in [4.69, 9.17) is 9.47 Å². The molecule has 6 nitrogen and oxygen atoms in total. The van der Waals surface area contributed by atoms with Crippen LogP contribution in [0.5, 0.6) is 11.5 Å². The van der Waals surface area contributed by atoms with Crippen LogP contribution < -0.4 is 19.3 Å². The first kappa shape index (κ1) is 42.4. The fourth-order valence-electron chi connectivity index (χ4n) is 12.4. The molecular weight excluding hydrogens is 857 g/mol. The molecule has 0 bridgehead atoms. The van der Waals surface area contributed by atoms with Crippen molar-refractivity contribution < 1.29 is 9.47 Å². The predicted octanol–water partition coefficient (Wildman–Crippen LogP) is 14.7. The Bertz CT molecular complexity index is 3450. The Morgan fingerprint density at radius 2 is 0.871 bits per heavy atom. The molecule has 0 unspecified atom stereocenters. The minimum atomic E-state index is 0.851. The molecule has 6 heterocycles. The lowest BCUT2D eigenvalue weighted by Crippen LogP contribution is -2.34. The third-order valence-electron chi connectivity index (χ3n) is 15.5. The summed E-state index contributed by atoms with van der Waals surface area (Å²) in [5, 5.41) is 2.50. The van der Waals surface area contributed by atoms with Gasteiger partial charge < -0.3 is 28.4 Å². The van der Waals surface area contributed by atoms with Crippen molar-refractivity contribution in [1.29, 1.82) is 0 Å². The summed E-state index contributed by atoms with van der Waals surface area (Å²) < 4.78 is 16.1. The van der Waals surface area contributed by atoms with E-state index in [1.165, 1.54) is 128 Å². The molecule has 7 aromatic carbocycles. The van der Waals surface area contributed by atoms with Gasteiger partial charge in [-0.3, -0.25) is 0 Å². The second kappa shape index (κ2) is 17.7. The zero-order chi connectivity index (χ0) is 46.7. The van der Waals surface area contributed by atoms with Crippen molar-refractivity contribution in [3.63, 3.8) is 0 Å². The number of anilines is 2. The molecule has 9 aromatic rings. The van der Waals surface area contributed by atoms with E-state index in [1.54, 1.807) is 14.2 Å². The molecule has 4 aliphatic rings. The molecule has 0 atom stereocenters. The van der Waals surface area contributed by atoms with Crippen LogP contribution in [0.4, 0.5) is 11.4 Å². The van der Waals surface area contributed by atoms with Crippen LogP contribution in [0.1, 0.15) is 70.3 Å². The third-order valence-corrected chi connectivity index (χ3v) is 15.5. The van der Waals surface area contributed by atoms with Gasteiger partial charge in [0.1, 0.15) is 11.5 Å². The van der Waals surface area contributed by atoms with Gasteiger partial charge in [-0.25, -0.2) is 0 Å². The Morgan fingerprint density at radius 3 is 1.39 bits per heavy atom. The Hall–Kier alpha value is -7.70. The highest BCUT2D eigenvalue weighted by molar-refractivity contribution is 6.04. The van der Waals surface area contributed by atoms with Gasteiger partial charge in [-0.05, 0) is 187 Å². The Kier molecular flexibility index (Phi) is 10.7. The molecule has 4 aliphatic heterocycles. The summed E-state index contributed by atoms with van der Waals surface area (Å²) in [4.78, 5) is 5.27. The van der Waals surface area contributed by atoms with Crippen LogP contribution in [0.25, 0.3) is 79.9 Å². The average molecular weight is 915 g/mol. The molecule has 70 heavy (non-hydrogen) atoms. The molecule has 6 heteroatoms. The van der Waals surface area contributed by atoms with Gasteiger partial charge >= 0.3 is 0 Å². The summed E-state index contributed by atoms with van der Waals surface area (Å²) in [5.41, 5.74) is 23.4. The quantitative estimate of drug-likeness (QED) is 0.137. The van der Waals surface area contributed by atoms with Gasteiger partial charge in [-0.2, -0.15) is 0 Å². The molecule has 0 N–H and O–H groups in total. The monoisotopic (exact) mass is 914 g/mol. The molecule has 0 saturated heterocycles. The van der Waals surface area contributed by atoms with Crippen LogP contribution in [0.2, 0.25) is 0 Å². The normalized spacial score (nSPS) is 15.3. The van der Waals surface area contributed by atoms with Gasteiger partial charge in [0, 0.05) is 70.8 Å². The second-order valence-corrected chi connectivity index (χ2v) is 19.6. The molecule has 13 rings (SSSR count). The molecule has 0 saturated carbocycles. The highest BCUT2D eigenvalue weighted by atomic mass is 16.5. The molecule has 0 fully saturated rings. The fourth-order valence-corrected chi connectivity index (χ4v) is 12.4. The van der Waals surface area contributed by atoms with E-state index < -0.39 is 0 Å². The Morgan fingerprint density at radius 1 is 0.429 bits per heavy atom. The number of benzene rings is 7. The Balaban J connectivity index is 0.905. The number of hydrogen-bond acceptors (Lipinski definition) is 4. The van der Waals surface area contributed by atoms with Crippen LogP contribution in [0.3, 0.4) is 0 Å². The lowest BCUT2D eigenvalue weighted by atomic mass is 9.87. The predicted molar refractivity (Wildman–Crippen MR) is 293 cm³/mol. The number of aromatic nitrogens is 2. The zero-order valence-electron chi connectivity index (χ0n) is 40.3. The van der Waals surface area contributed by atoms with E-state index in [2.05, 4.69) is 189 Å². The average Bonchev–Trinajstić information content (AvgIpc) is 3.93. The number of para-hydroxylation sites is 2. The summed E-state index contributed by atoms with van der Waals surface area (Å²) >= 11 is 0. The van der Waals surface area contributed by atoms with Crippen molar-refractivity contribution in [1.82, 2.24) is 9.13 Å². The number of nitrogens with zero attached hydrogens (tertiary/aromatic N) is 4. The Labute approximate surface area is 411 Å². The van der Waals surface area contributed by atoms with E-state index in [0.717, 1.165) is 72.8 Å². The van der Waals surface area contributed by atoms with Gasteiger partial charge in [0.15, 0.2) is 0 Å². The third kappa shape index (κ3) is 7.31. The standard InChI is InChI=1S/C64H58N4O2/c1-69-53-29-25-51(26-30-53)67-59-18-6-4-16-57(59)61(49-39-45-11-7-35-65-36-8-12-46(40-49)62(45)65)60(67)34-24-44-21-19-43(20-22-44)23-33-56-55-15-3-5-17-58(55)68(52-27-31-54(70-2)32-28-52)64(56)50-41-47-13-9-37-66-38-10-14-48(42-50)63(47)66/h3-6,15-34,39-42H,7-14,35-38H2,1-2H3. The number of aryl methyl sites for hydroxylation is 4. The van der Waals surface area contributed by atoms with Crippen LogP contribution in [0, 0.1) is 0 Å². The number of rotatable bonds is 10. The maximum absolute atomic E-state index is 5.62. The molecule has 2 aromatic heterocycles. The van der Waals surface area contributed by atoms with Crippen LogP contribution in [0.15, 0.2) is 146 Å². The number of fused-ring (bicyclic) bond motifs is 2. The molecule has 0 amide bonds. The summed E-state index contributed by atoms with van der Waals surface area (Å²) in [6, 6.07) is 53.9. The van der Waals surface area contributed by atoms with Crippen LogP contribution >= 0.6 is 0 Å². The van der Waals surface area contributed by atoms with Gasteiger partial charge in [-0.1, -0.05) is 78.9 Å². The molecule has 346 valence electrons. The molecular formula is C64H58N4O2. The smallest absolute Gasteiger partial charge is 0.119 e. The second-order valence-electron chi connectivity index (χ2n) is 19.6. The fraction of sp³-hybridized carbons (Fsp3) is 0.219. The van der Waals surface area contributed by atoms with Crippen molar-refractivity contribution in [3.8, 4) is 45.3 Å². The summed E-state index contributed by atoms with van der Waals surface area (Å²) in [6.07, 6.45) is 18.6. The highest BCUT2D eigenvalue weighted by Crippen LogP contribution is 2.46. The molecule has 0 aliphatic carbocycles. The maximum atomic E-state index is 5.62.